The maximum absolute atomic E-state index is 11.2. The number of benzene rings is 1. The van der Waals surface area contributed by atoms with E-state index in [4.69, 9.17) is 4.74 Å². The van der Waals surface area contributed by atoms with Crippen LogP contribution in [0, 0.1) is 0 Å². The van der Waals surface area contributed by atoms with Crippen LogP contribution in [0.1, 0.15) is 44.1 Å². The van der Waals surface area contributed by atoms with Crippen molar-refractivity contribution < 1.29 is 14.6 Å². The predicted octanol–water partition coefficient (Wildman–Crippen LogP) is 3.20. The molecule has 0 heterocycles. The minimum absolute atomic E-state index is 0.347. The predicted molar refractivity (Wildman–Crippen MR) is 65.4 cm³/mol. The lowest BCUT2D eigenvalue weighted by Gasteiger charge is -2.13. The number of carboxylic acid groups (broad SMARTS) is 1. The van der Waals surface area contributed by atoms with E-state index in [1.54, 1.807) is 0 Å². The second-order valence-corrected chi connectivity index (χ2v) is 4.57. The normalized spacial score (nSPS) is 16.5. The van der Waals surface area contributed by atoms with Crippen LogP contribution in [0.3, 0.4) is 0 Å². The average molecular weight is 234 g/mol. The average Bonchev–Trinajstić information content (AvgIpc) is 3.09. The van der Waals surface area contributed by atoms with Gasteiger partial charge in [0.2, 0.25) is 0 Å². The van der Waals surface area contributed by atoms with Crippen LogP contribution in [-0.4, -0.2) is 17.2 Å². The van der Waals surface area contributed by atoms with Crippen LogP contribution in [0.5, 0.6) is 5.75 Å². The highest BCUT2D eigenvalue weighted by Gasteiger charge is 2.24. The number of carbonyl (C=O) groups is 1. The molecule has 1 aromatic rings. The van der Waals surface area contributed by atoms with Gasteiger partial charge in [-0.05, 0) is 37.0 Å². The van der Waals surface area contributed by atoms with Crippen molar-refractivity contribution in [2.24, 2.45) is 0 Å². The summed E-state index contributed by atoms with van der Waals surface area (Å²) in [5.74, 6) is -0.370. The van der Waals surface area contributed by atoms with Gasteiger partial charge < -0.3 is 9.84 Å². The zero-order valence-electron chi connectivity index (χ0n) is 10.1. The highest BCUT2D eigenvalue weighted by atomic mass is 16.5. The number of hydrogen-bond acceptors (Lipinski definition) is 2. The Morgan fingerprint density at radius 3 is 2.88 bits per heavy atom. The first-order valence-electron chi connectivity index (χ1n) is 6.20. The van der Waals surface area contributed by atoms with Crippen molar-refractivity contribution >= 4 is 5.97 Å². The fraction of sp³-hybridized carbons (Fsp3) is 0.500. The number of carboxylic acids is 1. The van der Waals surface area contributed by atoms with Crippen molar-refractivity contribution in [3.8, 4) is 5.75 Å². The zero-order valence-corrected chi connectivity index (χ0v) is 10.1. The van der Waals surface area contributed by atoms with Crippen LogP contribution >= 0.6 is 0 Å². The van der Waals surface area contributed by atoms with Crippen molar-refractivity contribution in [3.05, 3.63) is 29.8 Å². The Kier molecular flexibility index (Phi) is 3.67. The minimum atomic E-state index is -0.754. The molecule has 2 rings (SSSR count). The van der Waals surface area contributed by atoms with Gasteiger partial charge in [-0.1, -0.05) is 25.5 Å². The van der Waals surface area contributed by atoms with Crippen LogP contribution in [0.4, 0.5) is 0 Å². The number of rotatable bonds is 6. The quantitative estimate of drug-likeness (QED) is 0.822. The van der Waals surface area contributed by atoms with Crippen molar-refractivity contribution in [2.45, 2.75) is 44.6 Å². The molecule has 0 amide bonds. The molecule has 1 aliphatic carbocycles. The van der Waals surface area contributed by atoms with Crippen molar-refractivity contribution in [3.63, 3.8) is 0 Å². The molecule has 3 heteroatoms. The van der Waals surface area contributed by atoms with Gasteiger partial charge in [-0.15, -0.1) is 0 Å². The Labute approximate surface area is 101 Å². The van der Waals surface area contributed by atoms with Gasteiger partial charge in [0.05, 0.1) is 12.0 Å². The minimum Gasteiger partial charge on any atom is -0.490 e. The van der Waals surface area contributed by atoms with Crippen molar-refractivity contribution in [1.29, 1.82) is 0 Å². The lowest BCUT2D eigenvalue weighted by atomic mass is 9.94. The van der Waals surface area contributed by atoms with E-state index in [0.29, 0.717) is 12.5 Å². The van der Waals surface area contributed by atoms with E-state index in [2.05, 4.69) is 0 Å². The van der Waals surface area contributed by atoms with E-state index < -0.39 is 11.9 Å². The fourth-order valence-electron chi connectivity index (χ4n) is 1.90. The number of hydrogen-bond donors (Lipinski definition) is 1. The maximum Gasteiger partial charge on any atom is 0.310 e. The maximum atomic E-state index is 11.2. The Balaban J connectivity index is 2.14. The van der Waals surface area contributed by atoms with Gasteiger partial charge in [0, 0.05) is 0 Å². The lowest BCUT2D eigenvalue weighted by Crippen LogP contribution is -2.11. The first-order valence-corrected chi connectivity index (χ1v) is 6.20. The molecule has 0 bridgehead atoms. The molecule has 1 N–H and O–H groups in total. The second kappa shape index (κ2) is 5.21. The SMILES string of the molecule is CCCC(C(=O)O)c1cccc(OC2CC2)c1. The van der Waals surface area contributed by atoms with Gasteiger partial charge in [-0.2, -0.15) is 0 Å². The summed E-state index contributed by atoms with van der Waals surface area (Å²) in [7, 11) is 0. The third-order valence-corrected chi connectivity index (χ3v) is 2.96. The van der Waals surface area contributed by atoms with E-state index in [0.717, 1.165) is 30.6 Å². The molecule has 0 radical (unpaired) electrons. The van der Waals surface area contributed by atoms with Crippen LogP contribution in [0.25, 0.3) is 0 Å². The molecular formula is C14H18O3. The van der Waals surface area contributed by atoms with Crippen LogP contribution in [-0.2, 0) is 4.79 Å². The third-order valence-electron chi connectivity index (χ3n) is 2.96. The monoisotopic (exact) mass is 234 g/mol. The molecule has 17 heavy (non-hydrogen) atoms. The molecule has 1 fully saturated rings. The number of ether oxygens (including phenoxy) is 1. The summed E-state index contributed by atoms with van der Waals surface area (Å²) in [6.07, 6.45) is 4.11. The summed E-state index contributed by atoms with van der Waals surface area (Å²) in [6.45, 7) is 2.00. The molecule has 3 nitrogen and oxygen atoms in total. The molecule has 1 aliphatic rings. The van der Waals surface area contributed by atoms with Crippen molar-refractivity contribution in [2.75, 3.05) is 0 Å². The van der Waals surface area contributed by atoms with Crippen molar-refractivity contribution in [1.82, 2.24) is 0 Å². The van der Waals surface area contributed by atoms with Gasteiger partial charge >= 0.3 is 5.97 Å². The standard InChI is InChI=1S/C14H18O3/c1-2-4-13(14(15)16)10-5-3-6-12(9-10)17-11-7-8-11/h3,5-6,9,11,13H,2,4,7-8H2,1H3,(H,15,16). The van der Waals surface area contributed by atoms with Gasteiger partial charge in [0.1, 0.15) is 5.75 Å². The summed E-state index contributed by atoms with van der Waals surface area (Å²) in [6, 6.07) is 7.51. The van der Waals surface area contributed by atoms with Crippen LogP contribution in [0.15, 0.2) is 24.3 Å². The van der Waals surface area contributed by atoms with E-state index in [1.165, 1.54) is 0 Å². The Morgan fingerprint density at radius 1 is 1.53 bits per heavy atom. The molecule has 0 aliphatic heterocycles. The fourth-order valence-corrected chi connectivity index (χ4v) is 1.90. The Morgan fingerprint density at radius 2 is 2.29 bits per heavy atom. The summed E-state index contributed by atoms with van der Waals surface area (Å²) < 4.78 is 5.68. The van der Waals surface area contributed by atoms with Gasteiger partial charge in [-0.25, -0.2) is 0 Å². The summed E-state index contributed by atoms with van der Waals surface area (Å²) in [4.78, 5) is 11.2. The molecule has 1 saturated carbocycles. The summed E-state index contributed by atoms with van der Waals surface area (Å²) in [5.41, 5.74) is 0.845. The number of aliphatic carboxylic acids is 1. The Bertz CT molecular complexity index is 396. The molecule has 92 valence electrons. The molecule has 0 spiro atoms. The van der Waals surface area contributed by atoms with Crippen LogP contribution < -0.4 is 4.74 Å². The largest absolute Gasteiger partial charge is 0.490 e. The van der Waals surface area contributed by atoms with E-state index >= 15 is 0 Å². The molecule has 1 atom stereocenters. The van der Waals surface area contributed by atoms with Gasteiger partial charge in [-0.3, -0.25) is 4.79 Å². The first kappa shape index (κ1) is 12.0. The highest BCUT2D eigenvalue weighted by Crippen LogP contribution is 2.30. The summed E-state index contributed by atoms with van der Waals surface area (Å²) in [5, 5.41) is 9.20. The Hall–Kier alpha value is -1.51. The lowest BCUT2D eigenvalue weighted by molar-refractivity contribution is -0.139. The molecule has 1 aromatic carbocycles. The smallest absolute Gasteiger partial charge is 0.310 e. The topological polar surface area (TPSA) is 46.5 Å². The van der Waals surface area contributed by atoms with Gasteiger partial charge in [0.15, 0.2) is 0 Å². The van der Waals surface area contributed by atoms with Gasteiger partial charge in [0.25, 0.3) is 0 Å². The van der Waals surface area contributed by atoms with Crippen LogP contribution in [0.2, 0.25) is 0 Å². The van der Waals surface area contributed by atoms with E-state index in [9.17, 15) is 9.90 Å². The molecule has 1 unspecified atom stereocenters. The molecule has 0 saturated heterocycles. The molecule has 0 aromatic heterocycles. The first-order chi connectivity index (χ1) is 8.20. The zero-order chi connectivity index (χ0) is 12.3. The van der Waals surface area contributed by atoms with E-state index in [1.807, 2.05) is 31.2 Å². The second-order valence-electron chi connectivity index (χ2n) is 4.57. The third kappa shape index (κ3) is 3.22. The van der Waals surface area contributed by atoms with E-state index in [-0.39, 0.29) is 0 Å². The highest BCUT2D eigenvalue weighted by molar-refractivity contribution is 5.76. The molecular weight excluding hydrogens is 216 g/mol. The summed E-state index contributed by atoms with van der Waals surface area (Å²) >= 11 is 0.